The van der Waals surface area contributed by atoms with Gasteiger partial charge in [0.15, 0.2) is 15.4 Å². The second-order valence-corrected chi connectivity index (χ2v) is 11.0. The van der Waals surface area contributed by atoms with Crippen LogP contribution < -0.4 is 0 Å². The van der Waals surface area contributed by atoms with Gasteiger partial charge in [0.2, 0.25) is 5.89 Å². The Morgan fingerprint density at radius 2 is 1.86 bits per heavy atom. The van der Waals surface area contributed by atoms with Crippen LogP contribution >= 0.6 is 0 Å². The first-order chi connectivity index (χ1) is 16.7. The van der Waals surface area contributed by atoms with Crippen LogP contribution in [-0.4, -0.2) is 48.2 Å². The molecule has 1 aromatic heterocycles. The molecule has 180 valence electrons. The Kier molecular flexibility index (Phi) is 5.94. The van der Waals surface area contributed by atoms with E-state index in [-0.39, 0.29) is 11.4 Å². The number of fused-ring (bicyclic) bond motifs is 1. The molecule has 0 radical (unpaired) electrons. The van der Waals surface area contributed by atoms with Crippen molar-refractivity contribution in [2.24, 2.45) is 0 Å². The molecule has 0 unspecified atom stereocenters. The minimum absolute atomic E-state index is 0.137. The van der Waals surface area contributed by atoms with Crippen molar-refractivity contribution < 1.29 is 22.7 Å². The molecule has 1 aliphatic heterocycles. The van der Waals surface area contributed by atoms with Gasteiger partial charge < -0.3 is 9.52 Å². The van der Waals surface area contributed by atoms with Crippen LogP contribution in [0.15, 0.2) is 70.0 Å². The average molecular weight is 491 g/mol. The lowest BCUT2D eigenvalue weighted by Gasteiger charge is -2.22. The van der Waals surface area contributed by atoms with Crippen molar-refractivity contribution >= 4 is 26.9 Å². The van der Waals surface area contributed by atoms with E-state index >= 15 is 0 Å². The summed E-state index contributed by atoms with van der Waals surface area (Å²) in [5.41, 5.74) is 5.44. The first kappa shape index (κ1) is 23.3. The molecule has 0 saturated carbocycles. The van der Waals surface area contributed by atoms with Gasteiger partial charge in [0.05, 0.1) is 4.90 Å². The highest BCUT2D eigenvalue weighted by atomic mass is 32.2. The Morgan fingerprint density at radius 3 is 2.57 bits per heavy atom. The van der Waals surface area contributed by atoms with E-state index in [0.717, 1.165) is 34.9 Å². The van der Waals surface area contributed by atoms with E-state index in [0.29, 0.717) is 35.5 Å². The normalized spacial score (nSPS) is 16.7. The van der Waals surface area contributed by atoms with E-state index < -0.39 is 21.8 Å². The first-order valence-corrected chi connectivity index (χ1v) is 13.4. The zero-order chi connectivity index (χ0) is 24.7. The summed E-state index contributed by atoms with van der Waals surface area (Å²) >= 11 is 0. The number of nitrogens with zero attached hydrogens (tertiary/aromatic N) is 2. The highest BCUT2D eigenvalue weighted by molar-refractivity contribution is 7.90. The highest BCUT2D eigenvalue weighted by Gasteiger charge is 2.31. The third kappa shape index (κ3) is 4.47. The number of sulfone groups is 1. The van der Waals surface area contributed by atoms with Gasteiger partial charge in [-0.25, -0.2) is 13.4 Å². The number of aromatic nitrogens is 1. The summed E-state index contributed by atoms with van der Waals surface area (Å²) < 4.78 is 31.3. The SMILES string of the molecule is Cc1c(-c2ccccc2)cccc1-c1nc2cc(CN3CCC[C@H]3C(=O)O)c(S(C)(=O)=O)cc2o1. The molecule has 7 nitrogen and oxygen atoms in total. The van der Waals surface area contributed by atoms with Crippen LogP contribution in [-0.2, 0) is 21.2 Å². The molecule has 3 aromatic carbocycles. The maximum Gasteiger partial charge on any atom is 0.320 e. The van der Waals surface area contributed by atoms with Gasteiger partial charge in [0.25, 0.3) is 0 Å². The number of carbonyl (C=O) groups is 1. The Hall–Kier alpha value is -3.49. The number of hydrogen-bond acceptors (Lipinski definition) is 6. The molecule has 1 fully saturated rings. The van der Waals surface area contributed by atoms with Crippen molar-refractivity contribution in [3.63, 3.8) is 0 Å². The van der Waals surface area contributed by atoms with Gasteiger partial charge >= 0.3 is 5.97 Å². The summed E-state index contributed by atoms with van der Waals surface area (Å²) in [5.74, 6) is -0.474. The fourth-order valence-corrected chi connectivity index (χ4v) is 5.81. The molecular weight excluding hydrogens is 464 g/mol. The van der Waals surface area contributed by atoms with Gasteiger partial charge in [-0.1, -0.05) is 42.5 Å². The summed E-state index contributed by atoms with van der Waals surface area (Å²) in [5, 5.41) is 9.54. The van der Waals surface area contributed by atoms with Crippen molar-refractivity contribution in [1.82, 2.24) is 9.88 Å². The molecule has 1 atom stereocenters. The lowest BCUT2D eigenvalue weighted by molar-refractivity contribution is -0.142. The molecule has 0 amide bonds. The van der Waals surface area contributed by atoms with E-state index in [1.54, 1.807) is 6.07 Å². The minimum Gasteiger partial charge on any atom is -0.480 e. The van der Waals surface area contributed by atoms with Crippen molar-refractivity contribution in [1.29, 1.82) is 0 Å². The Bertz CT molecular complexity index is 1530. The second-order valence-electron chi connectivity index (χ2n) is 9.03. The molecule has 35 heavy (non-hydrogen) atoms. The third-order valence-electron chi connectivity index (χ3n) is 6.64. The number of carboxylic acids is 1. The number of aliphatic carboxylic acids is 1. The van der Waals surface area contributed by atoms with E-state index in [1.165, 1.54) is 6.07 Å². The molecule has 2 heterocycles. The van der Waals surface area contributed by atoms with Gasteiger partial charge in [0, 0.05) is 24.4 Å². The van der Waals surface area contributed by atoms with E-state index in [1.807, 2.05) is 60.4 Å². The first-order valence-electron chi connectivity index (χ1n) is 11.5. The molecule has 0 spiro atoms. The number of carboxylic acid groups (broad SMARTS) is 1. The quantitative estimate of drug-likeness (QED) is 0.409. The van der Waals surface area contributed by atoms with E-state index in [2.05, 4.69) is 0 Å². The molecule has 0 aliphatic carbocycles. The van der Waals surface area contributed by atoms with Crippen LogP contribution in [0, 0.1) is 6.92 Å². The largest absolute Gasteiger partial charge is 0.480 e. The van der Waals surface area contributed by atoms with Gasteiger partial charge in [-0.15, -0.1) is 0 Å². The van der Waals surface area contributed by atoms with Crippen LogP contribution in [0.2, 0.25) is 0 Å². The zero-order valence-corrected chi connectivity index (χ0v) is 20.4. The summed E-state index contributed by atoms with van der Waals surface area (Å²) in [7, 11) is -3.57. The molecule has 1 N–H and O–H groups in total. The van der Waals surface area contributed by atoms with Crippen LogP contribution in [0.1, 0.15) is 24.0 Å². The van der Waals surface area contributed by atoms with Gasteiger partial charge in [-0.3, -0.25) is 9.69 Å². The number of hydrogen-bond donors (Lipinski definition) is 1. The Balaban J connectivity index is 1.59. The summed E-state index contributed by atoms with van der Waals surface area (Å²) in [6.07, 6.45) is 2.47. The second kappa shape index (κ2) is 8.94. The maximum absolute atomic E-state index is 12.6. The van der Waals surface area contributed by atoms with Crippen molar-refractivity contribution in [2.75, 3.05) is 12.8 Å². The fraction of sp³-hybridized carbons (Fsp3) is 0.259. The summed E-state index contributed by atoms with van der Waals surface area (Å²) in [4.78, 5) is 18.3. The predicted octanol–water partition coefficient (Wildman–Crippen LogP) is 4.92. The van der Waals surface area contributed by atoms with Crippen LogP contribution in [0.4, 0.5) is 0 Å². The number of benzene rings is 3. The molecular formula is C27H26N2O5S. The Morgan fingerprint density at radius 1 is 1.11 bits per heavy atom. The standard InChI is InChI=1S/C27H26N2O5S/c1-17-20(18-8-4-3-5-9-18)10-6-11-21(17)26-28-22-14-19(16-29-13-7-12-23(29)27(30)31)25(35(2,32)33)15-24(22)34-26/h3-6,8-11,14-15,23H,7,12-13,16H2,1-2H3,(H,30,31)/t23-/m0/s1. The predicted molar refractivity (Wildman–Crippen MR) is 134 cm³/mol. The van der Waals surface area contributed by atoms with Gasteiger partial charge in [-0.2, -0.15) is 0 Å². The smallest absolute Gasteiger partial charge is 0.320 e. The zero-order valence-electron chi connectivity index (χ0n) is 19.6. The summed E-state index contributed by atoms with van der Waals surface area (Å²) in [6.45, 7) is 2.84. The van der Waals surface area contributed by atoms with Crippen LogP contribution in [0.25, 0.3) is 33.7 Å². The topological polar surface area (TPSA) is 101 Å². The van der Waals surface area contributed by atoms with Gasteiger partial charge in [-0.05, 0) is 60.7 Å². The highest BCUT2D eigenvalue weighted by Crippen LogP contribution is 2.35. The fourth-order valence-electron chi connectivity index (χ4n) is 4.89. The lowest BCUT2D eigenvalue weighted by Crippen LogP contribution is -2.35. The average Bonchev–Trinajstić information content (AvgIpc) is 3.45. The molecule has 1 aliphatic rings. The Labute approximate surface area is 203 Å². The lowest BCUT2D eigenvalue weighted by atomic mass is 9.96. The van der Waals surface area contributed by atoms with Gasteiger partial charge in [0.1, 0.15) is 11.6 Å². The number of oxazole rings is 1. The third-order valence-corrected chi connectivity index (χ3v) is 7.82. The van der Waals surface area contributed by atoms with Crippen molar-refractivity contribution in [3.8, 4) is 22.6 Å². The van der Waals surface area contributed by atoms with Crippen molar-refractivity contribution in [2.45, 2.75) is 37.2 Å². The summed E-state index contributed by atoms with van der Waals surface area (Å²) in [6, 6.07) is 18.6. The molecule has 5 rings (SSSR count). The monoisotopic (exact) mass is 490 g/mol. The molecule has 4 aromatic rings. The number of likely N-dealkylation sites (tertiary alicyclic amines) is 1. The molecule has 0 bridgehead atoms. The molecule has 8 heteroatoms. The van der Waals surface area contributed by atoms with Crippen molar-refractivity contribution in [3.05, 3.63) is 71.8 Å². The minimum atomic E-state index is -3.57. The van der Waals surface area contributed by atoms with E-state index in [9.17, 15) is 18.3 Å². The van der Waals surface area contributed by atoms with E-state index in [4.69, 9.17) is 9.40 Å². The van der Waals surface area contributed by atoms with Crippen LogP contribution in [0.5, 0.6) is 0 Å². The number of rotatable bonds is 6. The maximum atomic E-state index is 12.6. The molecule has 1 saturated heterocycles. The van der Waals surface area contributed by atoms with Crippen LogP contribution in [0.3, 0.4) is 0 Å².